The van der Waals surface area contributed by atoms with Gasteiger partial charge >= 0.3 is 0 Å². The van der Waals surface area contributed by atoms with Crippen LogP contribution in [0.4, 0.5) is 11.6 Å². The summed E-state index contributed by atoms with van der Waals surface area (Å²) in [6.45, 7) is 1.28. The van der Waals surface area contributed by atoms with E-state index in [0.717, 1.165) is 0 Å². The van der Waals surface area contributed by atoms with E-state index in [2.05, 4.69) is 4.98 Å². The van der Waals surface area contributed by atoms with Crippen LogP contribution in [0.2, 0.25) is 10.0 Å². The standard InChI is InChI=1S/C9H13Cl2N3O/c1-14(3-4-15-2)9-7(11)5-6(10)8(12)13-9/h5H,3-4H2,1-2H3,(H2,12,13). The first kappa shape index (κ1) is 12.4. The Bertz CT molecular complexity index is 346. The van der Waals surface area contributed by atoms with E-state index in [9.17, 15) is 0 Å². The summed E-state index contributed by atoms with van der Waals surface area (Å²) in [6.07, 6.45) is 0. The zero-order valence-electron chi connectivity index (χ0n) is 8.63. The molecule has 0 aliphatic carbocycles. The van der Waals surface area contributed by atoms with E-state index in [1.54, 1.807) is 13.2 Å². The van der Waals surface area contributed by atoms with Crippen molar-refractivity contribution in [3.05, 3.63) is 16.1 Å². The van der Waals surface area contributed by atoms with Crippen LogP contribution >= 0.6 is 23.2 Å². The highest BCUT2D eigenvalue weighted by molar-refractivity contribution is 6.37. The Balaban J connectivity index is 2.88. The van der Waals surface area contributed by atoms with Crippen LogP contribution in [0.25, 0.3) is 0 Å². The minimum absolute atomic E-state index is 0.278. The number of halogens is 2. The maximum atomic E-state index is 5.99. The molecule has 0 amide bonds. The Labute approximate surface area is 98.9 Å². The Morgan fingerprint density at radius 3 is 2.73 bits per heavy atom. The molecule has 0 aliphatic rings. The minimum atomic E-state index is 0.278. The van der Waals surface area contributed by atoms with Crippen molar-refractivity contribution < 1.29 is 4.74 Å². The zero-order chi connectivity index (χ0) is 11.4. The molecule has 0 spiro atoms. The molecule has 0 unspecified atom stereocenters. The zero-order valence-corrected chi connectivity index (χ0v) is 10.1. The highest BCUT2D eigenvalue weighted by Gasteiger charge is 2.10. The molecule has 0 fully saturated rings. The average Bonchev–Trinajstić information content (AvgIpc) is 2.20. The molecule has 0 aromatic carbocycles. The molecule has 15 heavy (non-hydrogen) atoms. The lowest BCUT2D eigenvalue weighted by molar-refractivity contribution is 0.206. The van der Waals surface area contributed by atoms with Gasteiger partial charge in [0.25, 0.3) is 0 Å². The summed E-state index contributed by atoms with van der Waals surface area (Å²) in [5.41, 5.74) is 5.60. The molecule has 1 heterocycles. The molecule has 2 N–H and O–H groups in total. The van der Waals surface area contributed by atoms with Gasteiger partial charge in [0, 0.05) is 20.7 Å². The fourth-order valence-electron chi connectivity index (χ4n) is 1.07. The molecule has 0 bridgehead atoms. The van der Waals surface area contributed by atoms with E-state index in [1.807, 2.05) is 11.9 Å². The molecule has 0 aliphatic heterocycles. The van der Waals surface area contributed by atoms with Crippen molar-refractivity contribution in [2.24, 2.45) is 0 Å². The van der Waals surface area contributed by atoms with Gasteiger partial charge in [0.2, 0.25) is 0 Å². The van der Waals surface area contributed by atoms with Gasteiger partial charge in [-0.25, -0.2) is 4.98 Å². The maximum Gasteiger partial charge on any atom is 0.149 e. The second-order valence-electron chi connectivity index (χ2n) is 3.08. The molecule has 84 valence electrons. The third-order valence-corrected chi connectivity index (χ3v) is 2.51. The van der Waals surface area contributed by atoms with Gasteiger partial charge in [-0.15, -0.1) is 0 Å². The van der Waals surface area contributed by atoms with Crippen LogP contribution in [0.15, 0.2) is 6.07 Å². The summed E-state index contributed by atoms with van der Waals surface area (Å²) in [5, 5.41) is 0.844. The van der Waals surface area contributed by atoms with Crippen LogP contribution in [0.1, 0.15) is 0 Å². The van der Waals surface area contributed by atoms with E-state index in [1.165, 1.54) is 0 Å². The summed E-state index contributed by atoms with van der Waals surface area (Å²) < 4.78 is 4.96. The smallest absolute Gasteiger partial charge is 0.149 e. The molecule has 1 aromatic rings. The fourth-order valence-corrected chi connectivity index (χ4v) is 1.58. The molecule has 1 aromatic heterocycles. The Morgan fingerprint density at radius 2 is 2.13 bits per heavy atom. The van der Waals surface area contributed by atoms with Gasteiger partial charge in [-0.1, -0.05) is 23.2 Å². The molecule has 0 radical (unpaired) electrons. The predicted octanol–water partition coefficient (Wildman–Crippen LogP) is 2.05. The van der Waals surface area contributed by atoms with E-state index in [4.69, 9.17) is 33.7 Å². The quantitative estimate of drug-likeness (QED) is 0.888. The summed E-state index contributed by atoms with van der Waals surface area (Å²) in [7, 11) is 3.50. The van der Waals surface area contributed by atoms with Crippen LogP contribution in [-0.4, -0.2) is 32.3 Å². The third kappa shape index (κ3) is 3.12. The number of nitrogen functional groups attached to an aromatic ring is 1. The van der Waals surface area contributed by atoms with Crippen molar-refractivity contribution >= 4 is 34.8 Å². The van der Waals surface area contributed by atoms with Gasteiger partial charge < -0.3 is 15.4 Å². The average molecular weight is 250 g/mol. The number of hydrogen-bond acceptors (Lipinski definition) is 4. The number of aromatic nitrogens is 1. The van der Waals surface area contributed by atoms with E-state index in [0.29, 0.717) is 29.0 Å². The highest BCUT2D eigenvalue weighted by atomic mass is 35.5. The van der Waals surface area contributed by atoms with Crippen LogP contribution in [0, 0.1) is 0 Å². The SMILES string of the molecule is COCCN(C)c1nc(N)c(Cl)cc1Cl. The maximum absolute atomic E-state index is 5.99. The number of nitrogens with two attached hydrogens (primary N) is 1. The third-order valence-electron chi connectivity index (χ3n) is 1.93. The second kappa shape index (κ2) is 5.39. The number of anilines is 2. The van der Waals surface area contributed by atoms with Gasteiger partial charge in [-0.3, -0.25) is 0 Å². The van der Waals surface area contributed by atoms with Gasteiger partial charge in [0.15, 0.2) is 0 Å². The first-order chi connectivity index (χ1) is 7.06. The first-order valence-corrected chi connectivity index (χ1v) is 5.13. The fraction of sp³-hybridized carbons (Fsp3) is 0.444. The van der Waals surface area contributed by atoms with Crippen molar-refractivity contribution in [3.8, 4) is 0 Å². The largest absolute Gasteiger partial charge is 0.383 e. The number of methoxy groups -OCH3 is 1. The summed E-state index contributed by atoms with van der Waals surface area (Å²) >= 11 is 11.8. The number of rotatable bonds is 4. The van der Waals surface area contributed by atoms with Crippen molar-refractivity contribution in [3.63, 3.8) is 0 Å². The monoisotopic (exact) mass is 249 g/mol. The number of pyridine rings is 1. The van der Waals surface area contributed by atoms with Gasteiger partial charge in [0.05, 0.1) is 16.7 Å². The van der Waals surface area contributed by atoms with Crippen LogP contribution < -0.4 is 10.6 Å². The topological polar surface area (TPSA) is 51.4 Å². The molecule has 0 atom stereocenters. The lowest BCUT2D eigenvalue weighted by atomic mass is 10.4. The van der Waals surface area contributed by atoms with E-state index < -0.39 is 0 Å². The van der Waals surface area contributed by atoms with Crippen molar-refractivity contribution in [1.82, 2.24) is 4.98 Å². The lowest BCUT2D eigenvalue weighted by Crippen LogP contribution is -2.23. The first-order valence-electron chi connectivity index (χ1n) is 4.38. The highest BCUT2D eigenvalue weighted by Crippen LogP contribution is 2.29. The Morgan fingerprint density at radius 1 is 1.47 bits per heavy atom. The Hall–Kier alpha value is -0.710. The molecule has 1 rings (SSSR count). The molecule has 6 heteroatoms. The minimum Gasteiger partial charge on any atom is -0.383 e. The molecular weight excluding hydrogens is 237 g/mol. The lowest BCUT2D eigenvalue weighted by Gasteiger charge is -2.19. The van der Waals surface area contributed by atoms with Crippen molar-refractivity contribution in [2.45, 2.75) is 0 Å². The number of nitrogens with zero attached hydrogens (tertiary/aromatic N) is 2. The molecule has 4 nitrogen and oxygen atoms in total. The van der Waals surface area contributed by atoms with Gasteiger partial charge in [-0.05, 0) is 6.07 Å². The number of hydrogen-bond donors (Lipinski definition) is 1. The summed E-state index contributed by atoms with van der Waals surface area (Å²) in [4.78, 5) is 5.97. The van der Waals surface area contributed by atoms with Gasteiger partial charge in [0.1, 0.15) is 11.6 Å². The second-order valence-corrected chi connectivity index (χ2v) is 3.89. The normalized spacial score (nSPS) is 10.4. The van der Waals surface area contributed by atoms with Crippen LogP contribution in [0.3, 0.4) is 0 Å². The van der Waals surface area contributed by atoms with Crippen LogP contribution in [0.5, 0.6) is 0 Å². The summed E-state index contributed by atoms with van der Waals surface area (Å²) in [5.74, 6) is 0.885. The summed E-state index contributed by atoms with van der Waals surface area (Å²) in [6, 6.07) is 1.59. The Kier molecular flexibility index (Phi) is 4.45. The van der Waals surface area contributed by atoms with Crippen molar-refractivity contribution in [2.75, 3.05) is 37.9 Å². The molecule has 0 saturated heterocycles. The molecule has 0 saturated carbocycles. The number of ether oxygens (including phenoxy) is 1. The van der Waals surface area contributed by atoms with Crippen molar-refractivity contribution in [1.29, 1.82) is 0 Å². The van der Waals surface area contributed by atoms with Crippen LogP contribution in [-0.2, 0) is 4.74 Å². The van der Waals surface area contributed by atoms with E-state index in [-0.39, 0.29) is 5.82 Å². The molecular formula is C9H13Cl2N3O. The number of likely N-dealkylation sites (N-methyl/N-ethyl adjacent to an activating group) is 1. The van der Waals surface area contributed by atoms with Gasteiger partial charge in [-0.2, -0.15) is 0 Å². The predicted molar refractivity (Wildman–Crippen MR) is 63.8 cm³/mol. The van der Waals surface area contributed by atoms with E-state index >= 15 is 0 Å².